The van der Waals surface area contributed by atoms with Crippen molar-refractivity contribution in [2.45, 2.75) is 32.3 Å². The molecule has 0 radical (unpaired) electrons. The number of ketones is 1. The maximum Gasteiger partial charge on any atom is 0.138 e. The van der Waals surface area contributed by atoms with Gasteiger partial charge in [-0.1, -0.05) is 36.2 Å². The summed E-state index contributed by atoms with van der Waals surface area (Å²) < 4.78 is 0. The fraction of sp³-hybridized carbons (Fsp3) is 0.500. The number of halogens is 2. The smallest absolute Gasteiger partial charge is 0.138 e. The summed E-state index contributed by atoms with van der Waals surface area (Å²) in [5.74, 6) is 0.308. The molecule has 18 heavy (non-hydrogen) atoms. The molecule has 0 amide bonds. The van der Waals surface area contributed by atoms with Gasteiger partial charge in [0.2, 0.25) is 0 Å². The number of aliphatic hydroxyl groups is 1. The van der Waals surface area contributed by atoms with Gasteiger partial charge in [0.1, 0.15) is 5.78 Å². The van der Waals surface area contributed by atoms with Crippen molar-refractivity contribution in [3.8, 4) is 0 Å². The highest BCUT2D eigenvalue weighted by Crippen LogP contribution is 2.36. The average Bonchev–Trinajstić information content (AvgIpc) is 2.35. The maximum absolute atomic E-state index is 11.9. The molecule has 3 atom stereocenters. The number of carbonyl (C=O) groups is 1. The van der Waals surface area contributed by atoms with Gasteiger partial charge in [-0.05, 0) is 36.5 Å². The molecule has 2 unspecified atom stereocenters. The Morgan fingerprint density at radius 2 is 2.06 bits per heavy atom. The van der Waals surface area contributed by atoms with Crippen LogP contribution in [0, 0.1) is 11.8 Å². The first kappa shape index (κ1) is 13.9. The van der Waals surface area contributed by atoms with Crippen LogP contribution in [-0.4, -0.2) is 10.9 Å². The topological polar surface area (TPSA) is 37.3 Å². The SMILES string of the molecule is CC1CCC(=O)C([C@H](O)c2ccc(Cl)c(Cl)c2)C1. The van der Waals surface area contributed by atoms with Crippen molar-refractivity contribution < 1.29 is 9.90 Å². The van der Waals surface area contributed by atoms with Gasteiger partial charge in [-0.2, -0.15) is 0 Å². The molecule has 1 aliphatic rings. The van der Waals surface area contributed by atoms with E-state index in [9.17, 15) is 9.90 Å². The van der Waals surface area contributed by atoms with Crippen molar-refractivity contribution in [3.05, 3.63) is 33.8 Å². The number of hydrogen-bond donors (Lipinski definition) is 1. The maximum atomic E-state index is 11.9. The predicted molar refractivity (Wildman–Crippen MR) is 72.9 cm³/mol. The summed E-state index contributed by atoms with van der Waals surface area (Å²) in [6, 6.07) is 5.02. The quantitative estimate of drug-likeness (QED) is 0.891. The van der Waals surface area contributed by atoms with Crippen molar-refractivity contribution in [1.82, 2.24) is 0 Å². The third-order valence-corrected chi connectivity index (χ3v) is 4.36. The summed E-state index contributed by atoms with van der Waals surface area (Å²) in [7, 11) is 0. The molecule has 1 aliphatic carbocycles. The summed E-state index contributed by atoms with van der Waals surface area (Å²) in [6.07, 6.45) is 1.43. The first-order valence-corrected chi connectivity index (χ1v) is 6.90. The van der Waals surface area contributed by atoms with Gasteiger partial charge in [0.05, 0.1) is 16.1 Å². The molecule has 2 nitrogen and oxygen atoms in total. The van der Waals surface area contributed by atoms with Gasteiger partial charge in [0.15, 0.2) is 0 Å². The lowest BCUT2D eigenvalue weighted by Gasteiger charge is -2.29. The summed E-state index contributed by atoms with van der Waals surface area (Å²) in [5.41, 5.74) is 0.664. The summed E-state index contributed by atoms with van der Waals surface area (Å²) in [6.45, 7) is 2.11. The average molecular weight is 287 g/mol. The third-order valence-electron chi connectivity index (χ3n) is 3.62. The van der Waals surface area contributed by atoms with Crippen molar-refractivity contribution in [2.75, 3.05) is 0 Å². The van der Waals surface area contributed by atoms with Crippen LogP contribution in [0.15, 0.2) is 18.2 Å². The number of rotatable bonds is 2. The molecule has 1 aromatic rings. The molecule has 1 saturated carbocycles. The Balaban J connectivity index is 2.21. The molecule has 4 heteroatoms. The van der Waals surface area contributed by atoms with Gasteiger partial charge < -0.3 is 5.11 Å². The Labute approximate surface area is 117 Å². The molecular weight excluding hydrogens is 271 g/mol. The van der Waals surface area contributed by atoms with E-state index in [1.165, 1.54) is 0 Å². The van der Waals surface area contributed by atoms with E-state index in [0.29, 0.717) is 27.9 Å². The molecule has 0 aliphatic heterocycles. The largest absolute Gasteiger partial charge is 0.388 e. The molecule has 98 valence electrons. The Morgan fingerprint density at radius 3 is 2.72 bits per heavy atom. The van der Waals surface area contributed by atoms with E-state index < -0.39 is 6.10 Å². The Bertz CT molecular complexity index is 459. The fourth-order valence-electron chi connectivity index (χ4n) is 2.49. The summed E-state index contributed by atoms with van der Waals surface area (Å²) in [5, 5.41) is 11.2. The van der Waals surface area contributed by atoms with Crippen molar-refractivity contribution in [3.63, 3.8) is 0 Å². The van der Waals surface area contributed by atoms with Crippen LogP contribution in [0.4, 0.5) is 0 Å². The van der Waals surface area contributed by atoms with Crippen LogP contribution in [0.2, 0.25) is 10.0 Å². The van der Waals surface area contributed by atoms with Gasteiger partial charge in [-0.15, -0.1) is 0 Å². The highest BCUT2D eigenvalue weighted by molar-refractivity contribution is 6.42. The monoisotopic (exact) mass is 286 g/mol. The van der Waals surface area contributed by atoms with Crippen LogP contribution in [0.1, 0.15) is 37.9 Å². The van der Waals surface area contributed by atoms with Crippen LogP contribution in [0.25, 0.3) is 0 Å². The normalized spacial score (nSPS) is 26.1. The minimum atomic E-state index is -0.782. The fourth-order valence-corrected chi connectivity index (χ4v) is 2.80. The molecule has 1 aromatic carbocycles. The highest BCUT2D eigenvalue weighted by atomic mass is 35.5. The van der Waals surface area contributed by atoms with Crippen molar-refractivity contribution >= 4 is 29.0 Å². The van der Waals surface area contributed by atoms with Gasteiger partial charge in [0, 0.05) is 12.3 Å². The molecule has 0 aromatic heterocycles. The predicted octanol–water partition coefficient (Wildman–Crippen LogP) is 4.03. The van der Waals surface area contributed by atoms with Gasteiger partial charge in [0.25, 0.3) is 0 Å². The van der Waals surface area contributed by atoms with E-state index in [0.717, 1.165) is 12.8 Å². The van der Waals surface area contributed by atoms with Crippen LogP contribution >= 0.6 is 23.2 Å². The zero-order valence-corrected chi connectivity index (χ0v) is 11.7. The summed E-state index contributed by atoms with van der Waals surface area (Å²) >= 11 is 11.8. The molecular formula is C14H16Cl2O2. The van der Waals surface area contributed by atoms with Crippen LogP contribution in [0.5, 0.6) is 0 Å². The van der Waals surface area contributed by atoms with Crippen LogP contribution in [0.3, 0.4) is 0 Å². The highest BCUT2D eigenvalue weighted by Gasteiger charge is 2.32. The number of Topliss-reactive ketones (excluding diaryl/α,β-unsaturated/α-hetero) is 1. The minimum absolute atomic E-state index is 0.145. The zero-order valence-electron chi connectivity index (χ0n) is 10.2. The van der Waals surface area contributed by atoms with E-state index in [2.05, 4.69) is 6.92 Å². The molecule has 1 N–H and O–H groups in total. The second-order valence-corrected chi connectivity index (χ2v) is 5.89. The third kappa shape index (κ3) is 2.87. The van der Waals surface area contributed by atoms with E-state index in [1.54, 1.807) is 18.2 Å². The van der Waals surface area contributed by atoms with Crippen molar-refractivity contribution in [2.24, 2.45) is 11.8 Å². The van der Waals surface area contributed by atoms with Gasteiger partial charge >= 0.3 is 0 Å². The molecule has 2 rings (SSSR count). The number of carbonyl (C=O) groups excluding carboxylic acids is 1. The lowest BCUT2D eigenvalue weighted by molar-refractivity contribution is -0.129. The second-order valence-electron chi connectivity index (χ2n) is 5.07. The molecule has 0 spiro atoms. The van der Waals surface area contributed by atoms with Gasteiger partial charge in [-0.3, -0.25) is 4.79 Å². The molecule has 0 saturated heterocycles. The summed E-state index contributed by atoms with van der Waals surface area (Å²) in [4.78, 5) is 11.9. The van der Waals surface area contributed by atoms with Gasteiger partial charge in [-0.25, -0.2) is 0 Å². The Hall–Kier alpha value is -0.570. The molecule has 0 bridgehead atoms. The van der Waals surface area contributed by atoms with E-state index in [-0.39, 0.29) is 11.7 Å². The lowest BCUT2D eigenvalue weighted by atomic mass is 9.77. The first-order valence-electron chi connectivity index (χ1n) is 6.14. The molecule has 1 fully saturated rings. The Kier molecular flexibility index (Phi) is 4.31. The number of aliphatic hydroxyl groups excluding tert-OH is 1. The number of benzene rings is 1. The van der Waals surface area contributed by atoms with Crippen LogP contribution < -0.4 is 0 Å². The minimum Gasteiger partial charge on any atom is -0.388 e. The van der Waals surface area contributed by atoms with Crippen LogP contribution in [-0.2, 0) is 4.79 Å². The standard InChI is InChI=1S/C14H16Cl2O2/c1-8-2-5-13(17)10(6-8)14(18)9-3-4-11(15)12(16)7-9/h3-4,7-8,10,14,18H,2,5-6H2,1H3/t8?,10?,14-/m1/s1. The van der Waals surface area contributed by atoms with Crippen molar-refractivity contribution in [1.29, 1.82) is 0 Å². The van der Waals surface area contributed by atoms with E-state index in [1.807, 2.05) is 0 Å². The molecule has 0 heterocycles. The lowest BCUT2D eigenvalue weighted by Crippen LogP contribution is -2.29. The zero-order chi connectivity index (χ0) is 13.3. The first-order chi connectivity index (χ1) is 8.49. The Morgan fingerprint density at radius 1 is 1.33 bits per heavy atom. The second kappa shape index (κ2) is 5.60. The van der Waals surface area contributed by atoms with E-state index >= 15 is 0 Å². The number of hydrogen-bond acceptors (Lipinski definition) is 2. The van der Waals surface area contributed by atoms with E-state index in [4.69, 9.17) is 23.2 Å².